The summed E-state index contributed by atoms with van der Waals surface area (Å²) < 4.78 is 26.2. The van der Waals surface area contributed by atoms with Gasteiger partial charge in [-0.1, -0.05) is 0 Å². The van der Waals surface area contributed by atoms with Crippen LogP contribution < -0.4 is 10.6 Å². The highest BCUT2D eigenvalue weighted by Gasteiger charge is 2.21. The predicted molar refractivity (Wildman–Crippen MR) is 71.3 cm³/mol. The molecule has 1 aromatic rings. The molecule has 1 unspecified atom stereocenters. The van der Waals surface area contributed by atoms with Crippen LogP contribution in [-0.2, 0) is 11.2 Å². The third kappa shape index (κ3) is 4.44. The molecule has 106 valence electrons. The number of carbonyl (C=O) groups excluding carboxylic acids is 1. The molecule has 2 N–H and O–H groups in total. The third-order valence-electron chi connectivity index (χ3n) is 3.08. The van der Waals surface area contributed by atoms with Crippen molar-refractivity contribution in [2.24, 2.45) is 0 Å². The van der Waals surface area contributed by atoms with E-state index in [0.29, 0.717) is 13.0 Å². The number of halogens is 3. The van der Waals surface area contributed by atoms with E-state index in [0.717, 1.165) is 37.6 Å². The molecule has 1 aliphatic rings. The molecule has 1 aromatic carbocycles. The van der Waals surface area contributed by atoms with Gasteiger partial charge < -0.3 is 10.6 Å². The van der Waals surface area contributed by atoms with E-state index in [1.54, 1.807) is 0 Å². The SMILES string of the molecule is Cl.O=C(NCCc1cc(F)ccc1F)C1CCCN1. The van der Waals surface area contributed by atoms with Gasteiger partial charge in [0.1, 0.15) is 11.6 Å². The van der Waals surface area contributed by atoms with Gasteiger partial charge in [-0.15, -0.1) is 12.4 Å². The second-order valence-corrected chi connectivity index (χ2v) is 4.43. The molecule has 0 spiro atoms. The van der Waals surface area contributed by atoms with Crippen LogP contribution in [0.5, 0.6) is 0 Å². The van der Waals surface area contributed by atoms with Gasteiger partial charge in [0.15, 0.2) is 0 Å². The fraction of sp³-hybridized carbons (Fsp3) is 0.462. The average Bonchev–Trinajstić information content (AvgIpc) is 2.87. The van der Waals surface area contributed by atoms with Crippen LogP contribution in [0.15, 0.2) is 18.2 Å². The van der Waals surface area contributed by atoms with Gasteiger partial charge in [0.05, 0.1) is 6.04 Å². The number of hydrogen-bond acceptors (Lipinski definition) is 2. The van der Waals surface area contributed by atoms with Crippen LogP contribution in [0.1, 0.15) is 18.4 Å². The molecule has 1 saturated heterocycles. The molecule has 0 saturated carbocycles. The summed E-state index contributed by atoms with van der Waals surface area (Å²) in [5, 5.41) is 5.81. The molecule has 0 aromatic heterocycles. The van der Waals surface area contributed by atoms with Crippen LogP contribution in [0.4, 0.5) is 8.78 Å². The first kappa shape index (κ1) is 15.9. The van der Waals surface area contributed by atoms with Gasteiger partial charge in [-0.05, 0) is 49.6 Å². The zero-order valence-corrected chi connectivity index (χ0v) is 11.2. The lowest BCUT2D eigenvalue weighted by Crippen LogP contribution is -2.41. The van der Waals surface area contributed by atoms with Crippen LogP contribution in [-0.4, -0.2) is 25.0 Å². The Morgan fingerprint density at radius 3 is 2.89 bits per heavy atom. The highest BCUT2D eigenvalue weighted by Crippen LogP contribution is 2.10. The lowest BCUT2D eigenvalue weighted by molar-refractivity contribution is -0.122. The van der Waals surface area contributed by atoms with Crippen molar-refractivity contribution in [1.82, 2.24) is 10.6 Å². The molecule has 1 amide bonds. The molecule has 1 heterocycles. The van der Waals surface area contributed by atoms with Crippen LogP contribution in [0.2, 0.25) is 0 Å². The second kappa shape index (κ2) is 7.40. The molecule has 6 heteroatoms. The van der Waals surface area contributed by atoms with Gasteiger partial charge in [-0.3, -0.25) is 4.79 Å². The van der Waals surface area contributed by atoms with Crippen LogP contribution >= 0.6 is 12.4 Å². The van der Waals surface area contributed by atoms with Gasteiger partial charge in [0.2, 0.25) is 5.91 Å². The fourth-order valence-corrected chi connectivity index (χ4v) is 2.09. The molecular formula is C13H17ClF2N2O. The quantitative estimate of drug-likeness (QED) is 0.888. The Balaban J connectivity index is 0.00000180. The monoisotopic (exact) mass is 290 g/mol. The Morgan fingerprint density at radius 2 is 2.21 bits per heavy atom. The first-order chi connectivity index (χ1) is 8.66. The van der Waals surface area contributed by atoms with Crippen molar-refractivity contribution < 1.29 is 13.6 Å². The third-order valence-corrected chi connectivity index (χ3v) is 3.08. The summed E-state index contributed by atoms with van der Waals surface area (Å²) in [5.74, 6) is -0.968. The van der Waals surface area contributed by atoms with Crippen molar-refractivity contribution >= 4 is 18.3 Å². The molecule has 19 heavy (non-hydrogen) atoms. The molecule has 0 radical (unpaired) electrons. The van der Waals surface area contributed by atoms with E-state index in [-0.39, 0.29) is 29.9 Å². The predicted octanol–water partition coefficient (Wildman–Crippen LogP) is 1.80. The number of amides is 1. The van der Waals surface area contributed by atoms with Gasteiger partial charge in [-0.2, -0.15) is 0 Å². The lowest BCUT2D eigenvalue weighted by Gasteiger charge is -2.11. The molecular weight excluding hydrogens is 274 g/mol. The summed E-state index contributed by atoms with van der Waals surface area (Å²) in [5.41, 5.74) is 0.287. The number of rotatable bonds is 4. The Kier molecular flexibility index (Phi) is 6.18. The van der Waals surface area contributed by atoms with E-state index >= 15 is 0 Å². The summed E-state index contributed by atoms with van der Waals surface area (Å²) >= 11 is 0. The van der Waals surface area contributed by atoms with Crippen LogP contribution in [0.25, 0.3) is 0 Å². The number of benzene rings is 1. The van der Waals surface area contributed by atoms with Crippen molar-refractivity contribution in [1.29, 1.82) is 0 Å². The molecule has 3 nitrogen and oxygen atoms in total. The number of nitrogens with one attached hydrogen (secondary N) is 2. The first-order valence-electron chi connectivity index (χ1n) is 6.12. The summed E-state index contributed by atoms with van der Waals surface area (Å²) in [6, 6.07) is 3.21. The largest absolute Gasteiger partial charge is 0.354 e. The van der Waals surface area contributed by atoms with Gasteiger partial charge in [-0.25, -0.2) is 8.78 Å². The maximum atomic E-state index is 13.3. The van der Waals surface area contributed by atoms with Gasteiger partial charge >= 0.3 is 0 Å². The highest BCUT2D eigenvalue weighted by atomic mass is 35.5. The molecule has 0 aliphatic carbocycles. The van der Waals surface area contributed by atoms with E-state index in [4.69, 9.17) is 0 Å². The maximum absolute atomic E-state index is 13.3. The standard InChI is InChI=1S/C13H16F2N2O.ClH/c14-10-3-4-11(15)9(8-10)5-7-17-13(18)12-2-1-6-16-12;/h3-4,8,12,16H,1-2,5-7H2,(H,17,18);1H. The Labute approximate surface area is 117 Å². The van der Waals surface area contributed by atoms with Crippen LogP contribution in [0.3, 0.4) is 0 Å². The number of hydrogen-bond donors (Lipinski definition) is 2. The molecule has 2 rings (SSSR count). The Hall–Kier alpha value is -1.20. The molecule has 1 aliphatic heterocycles. The minimum atomic E-state index is -0.463. The summed E-state index contributed by atoms with van der Waals surface area (Å²) in [6.45, 7) is 1.17. The van der Waals surface area contributed by atoms with Crippen molar-refractivity contribution in [3.63, 3.8) is 0 Å². The summed E-state index contributed by atoms with van der Waals surface area (Å²) in [7, 11) is 0. The van der Waals surface area contributed by atoms with E-state index in [9.17, 15) is 13.6 Å². The van der Waals surface area contributed by atoms with Crippen molar-refractivity contribution in [2.75, 3.05) is 13.1 Å². The van der Waals surface area contributed by atoms with Crippen molar-refractivity contribution in [3.05, 3.63) is 35.4 Å². The van der Waals surface area contributed by atoms with E-state index < -0.39 is 11.6 Å². The van der Waals surface area contributed by atoms with E-state index in [1.165, 1.54) is 0 Å². The van der Waals surface area contributed by atoms with Gasteiger partial charge in [0.25, 0.3) is 0 Å². The number of carbonyl (C=O) groups is 1. The summed E-state index contributed by atoms with van der Waals surface area (Å²) in [6.07, 6.45) is 2.12. The average molecular weight is 291 g/mol. The molecule has 1 fully saturated rings. The Bertz CT molecular complexity index is 437. The topological polar surface area (TPSA) is 41.1 Å². The lowest BCUT2D eigenvalue weighted by atomic mass is 10.1. The molecule has 0 bridgehead atoms. The van der Waals surface area contributed by atoms with Crippen molar-refractivity contribution in [3.8, 4) is 0 Å². The van der Waals surface area contributed by atoms with E-state index in [2.05, 4.69) is 10.6 Å². The highest BCUT2D eigenvalue weighted by molar-refractivity contribution is 5.85. The molecule has 1 atom stereocenters. The zero-order chi connectivity index (χ0) is 13.0. The minimum absolute atomic E-state index is 0. The summed E-state index contributed by atoms with van der Waals surface area (Å²) in [4.78, 5) is 11.6. The minimum Gasteiger partial charge on any atom is -0.354 e. The normalized spacial score (nSPS) is 17.9. The fourth-order valence-electron chi connectivity index (χ4n) is 2.09. The first-order valence-corrected chi connectivity index (χ1v) is 6.12. The second-order valence-electron chi connectivity index (χ2n) is 4.43. The smallest absolute Gasteiger partial charge is 0.237 e. The Morgan fingerprint density at radius 1 is 1.42 bits per heavy atom. The van der Waals surface area contributed by atoms with Gasteiger partial charge in [0, 0.05) is 6.54 Å². The van der Waals surface area contributed by atoms with Crippen LogP contribution in [0, 0.1) is 11.6 Å². The zero-order valence-electron chi connectivity index (χ0n) is 10.4. The van der Waals surface area contributed by atoms with Crippen molar-refractivity contribution in [2.45, 2.75) is 25.3 Å². The van der Waals surface area contributed by atoms with E-state index in [1.807, 2.05) is 0 Å². The maximum Gasteiger partial charge on any atom is 0.237 e.